The summed E-state index contributed by atoms with van der Waals surface area (Å²) < 4.78 is 27.8. The van der Waals surface area contributed by atoms with Crippen LogP contribution in [-0.2, 0) is 3.07 Å². The van der Waals surface area contributed by atoms with Crippen molar-refractivity contribution in [2.45, 2.75) is 145 Å². The van der Waals surface area contributed by atoms with Crippen LogP contribution in [0.2, 0.25) is 26.6 Å². The molecule has 0 radical (unpaired) electrons. The molecule has 0 aliphatic rings. The Labute approximate surface area is 251 Å². The number of carbonyl (C=O) groups excluding carboxylic acids is 1. The average Bonchev–Trinajstić information content (AvgIpc) is 2.96. The molecule has 1 rings (SSSR count). The molecule has 0 saturated heterocycles. The molecule has 1 aromatic rings. The maximum absolute atomic E-state index is 14.2. The summed E-state index contributed by atoms with van der Waals surface area (Å²) >= 11 is -6.13. The minimum absolute atomic E-state index is 0.114. The van der Waals surface area contributed by atoms with Gasteiger partial charge in [-0.25, -0.2) is 0 Å². The molecule has 0 saturated carbocycles. The summed E-state index contributed by atoms with van der Waals surface area (Å²) in [6.07, 6.45) is 14.3. The van der Waals surface area contributed by atoms with Gasteiger partial charge in [0.2, 0.25) is 0 Å². The molecule has 0 amide bonds. The molecular weight excluding hydrogens is 698 g/mol. The van der Waals surface area contributed by atoms with E-state index in [-0.39, 0.29) is 5.97 Å². The zero-order chi connectivity index (χ0) is 29.2. The summed E-state index contributed by atoms with van der Waals surface area (Å²) in [7, 11) is 3.54. The van der Waals surface area contributed by atoms with Crippen LogP contribution < -0.4 is 13.1 Å². The van der Waals surface area contributed by atoms with E-state index in [1.54, 1.807) is 14.2 Å². The number of benzene rings is 1. The van der Waals surface area contributed by atoms with Crippen molar-refractivity contribution in [3.63, 3.8) is 0 Å². The summed E-state index contributed by atoms with van der Waals surface area (Å²) in [5.41, 5.74) is 0.657. The van der Waals surface area contributed by atoms with E-state index in [1.807, 2.05) is 6.07 Å². The molecule has 0 N–H and O–H groups in total. The Bertz CT molecular complexity index is 768. The number of hydrogen-bond donors (Lipinski definition) is 0. The summed E-state index contributed by atoms with van der Waals surface area (Å²) in [4.78, 5) is 14.2. The first-order valence-corrected chi connectivity index (χ1v) is 31.1. The molecule has 0 aliphatic heterocycles. The molecule has 6 heteroatoms. The van der Waals surface area contributed by atoms with Crippen LogP contribution in [0.25, 0.3) is 0 Å². The van der Waals surface area contributed by atoms with Gasteiger partial charge in [-0.2, -0.15) is 0 Å². The zero-order valence-electron chi connectivity index (χ0n) is 27.0. The summed E-state index contributed by atoms with van der Waals surface area (Å²) in [6, 6.07) is 4.00. The molecule has 0 fully saturated rings. The second kappa shape index (κ2) is 20.7. The SMILES string of the molecule is CCC[CH2][Sn]([CH2]CCC)([CH2]CCC)[O]C(=O)c1ccc(OC)[c]([Sn]([CH2]CCC)([CH2]CCC)[CH2]CCC)c1OC. The topological polar surface area (TPSA) is 44.8 Å². The van der Waals surface area contributed by atoms with Crippen LogP contribution in [0.5, 0.6) is 11.5 Å². The van der Waals surface area contributed by atoms with Crippen LogP contribution in [0.4, 0.5) is 0 Å². The normalized spacial score (nSPS) is 12.0. The summed E-state index contributed by atoms with van der Waals surface area (Å²) in [5.74, 6) is 1.62. The van der Waals surface area contributed by atoms with Gasteiger partial charge in [-0.1, -0.05) is 0 Å². The van der Waals surface area contributed by atoms with E-state index in [9.17, 15) is 4.79 Å². The van der Waals surface area contributed by atoms with E-state index in [4.69, 9.17) is 12.5 Å². The van der Waals surface area contributed by atoms with E-state index in [0.717, 1.165) is 44.1 Å². The number of ether oxygens (including phenoxy) is 2. The first-order valence-electron chi connectivity index (χ1n) is 16.4. The van der Waals surface area contributed by atoms with Crippen molar-refractivity contribution in [1.29, 1.82) is 0 Å². The second-order valence-corrected chi connectivity index (χ2v) is 36.3. The fourth-order valence-corrected chi connectivity index (χ4v) is 36.4. The molecule has 0 heterocycles. The van der Waals surface area contributed by atoms with E-state index < -0.39 is 37.2 Å². The van der Waals surface area contributed by atoms with E-state index >= 15 is 0 Å². The molecular formula is C33H62O4Sn2. The third-order valence-electron chi connectivity index (χ3n) is 8.59. The second-order valence-electron chi connectivity index (χ2n) is 11.7. The number of hydrogen-bond acceptors (Lipinski definition) is 4. The van der Waals surface area contributed by atoms with Gasteiger partial charge < -0.3 is 0 Å². The van der Waals surface area contributed by atoms with Gasteiger partial charge in [-0.05, 0) is 0 Å². The van der Waals surface area contributed by atoms with Crippen LogP contribution in [0.15, 0.2) is 12.1 Å². The standard InChI is InChI=1S/C9H9O4.6C4H9.2Sn/c1-12-6-3-4-7(9(10)11)8(5-6)13-2;6*1-3-4-2;;/h3-4H,1-2H3,(H,10,11);6*1,3-4H2,2H3;;/q;;;;;;;;+1/p-1. The number of carbonyl (C=O) groups is 1. The monoisotopic (exact) mass is 762 g/mol. The number of methoxy groups -OCH3 is 2. The Morgan fingerprint density at radius 2 is 1.03 bits per heavy atom. The summed E-state index contributed by atoms with van der Waals surface area (Å²) in [6.45, 7) is 13.7. The van der Waals surface area contributed by atoms with Crippen LogP contribution in [0.3, 0.4) is 0 Å². The van der Waals surface area contributed by atoms with Crippen molar-refractivity contribution >= 4 is 46.7 Å². The molecule has 0 aromatic heterocycles. The fraction of sp³-hybridized carbons (Fsp3) is 0.788. The Morgan fingerprint density at radius 1 is 0.615 bits per heavy atom. The quantitative estimate of drug-likeness (QED) is 0.104. The molecule has 0 aliphatic carbocycles. The van der Waals surface area contributed by atoms with Crippen LogP contribution in [-0.4, -0.2) is 57.4 Å². The van der Waals surface area contributed by atoms with Crippen molar-refractivity contribution in [2.24, 2.45) is 0 Å². The molecule has 1 aromatic carbocycles. The molecule has 0 spiro atoms. The number of unbranched alkanes of at least 4 members (excludes halogenated alkanes) is 6. The van der Waals surface area contributed by atoms with Crippen molar-refractivity contribution in [3.8, 4) is 11.5 Å². The van der Waals surface area contributed by atoms with Gasteiger partial charge in [0.15, 0.2) is 0 Å². The minimum atomic E-state index is -3.14. The molecule has 4 nitrogen and oxygen atoms in total. The first-order chi connectivity index (χ1) is 18.9. The predicted molar refractivity (Wildman–Crippen MR) is 174 cm³/mol. The average molecular weight is 760 g/mol. The number of rotatable bonds is 23. The van der Waals surface area contributed by atoms with Gasteiger partial charge in [0.05, 0.1) is 0 Å². The van der Waals surface area contributed by atoms with E-state index in [1.165, 1.54) is 74.7 Å². The van der Waals surface area contributed by atoms with Crippen LogP contribution in [0, 0.1) is 0 Å². The van der Waals surface area contributed by atoms with Crippen LogP contribution in [0.1, 0.15) is 129 Å². The van der Waals surface area contributed by atoms with Crippen molar-refractivity contribution in [3.05, 3.63) is 17.7 Å². The van der Waals surface area contributed by atoms with Gasteiger partial charge in [0.25, 0.3) is 0 Å². The van der Waals surface area contributed by atoms with Crippen molar-refractivity contribution in [1.82, 2.24) is 0 Å². The van der Waals surface area contributed by atoms with E-state index in [0.29, 0.717) is 5.56 Å². The Morgan fingerprint density at radius 3 is 1.38 bits per heavy atom. The Hall–Kier alpha value is -0.113. The van der Waals surface area contributed by atoms with E-state index in [2.05, 4.69) is 47.6 Å². The van der Waals surface area contributed by atoms with Crippen molar-refractivity contribution in [2.75, 3.05) is 14.2 Å². The molecule has 226 valence electrons. The first kappa shape index (κ1) is 36.9. The van der Waals surface area contributed by atoms with Gasteiger partial charge in [0.1, 0.15) is 0 Å². The van der Waals surface area contributed by atoms with Crippen LogP contribution >= 0.6 is 0 Å². The predicted octanol–water partition coefficient (Wildman–Crippen LogP) is 10.3. The fourth-order valence-electron chi connectivity index (χ4n) is 6.18. The molecule has 0 atom stereocenters. The summed E-state index contributed by atoms with van der Waals surface area (Å²) in [5, 5.41) is 0. The zero-order valence-corrected chi connectivity index (χ0v) is 32.7. The maximum atomic E-state index is 14.2. The van der Waals surface area contributed by atoms with Crippen molar-refractivity contribution < 1.29 is 17.3 Å². The molecule has 39 heavy (non-hydrogen) atoms. The molecule has 0 unspecified atom stereocenters. The third kappa shape index (κ3) is 11.2. The van der Waals surface area contributed by atoms with Gasteiger partial charge in [0, 0.05) is 0 Å². The molecule has 0 bridgehead atoms. The Balaban J connectivity index is 3.74. The Kier molecular flexibility index (Phi) is 19.6. The third-order valence-corrected chi connectivity index (χ3v) is 36.8. The van der Waals surface area contributed by atoms with Gasteiger partial charge in [-0.3, -0.25) is 0 Å². The van der Waals surface area contributed by atoms with Gasteiger partial charge in [-0.15, -0.1) is 0 Å². The van der Waals surface area contributed by atoms with Gasteiger partial charge >= 0.3 is 253 Å².